The van der Waals surface area contributed by atoms with E-state index < -0.39 is 0 Å². The zero-order valence-electron chi connectivity index (χ0n) is 12.7. The van der Waals surface area contributed by atoms with Crippen LogP contribution in [-0.4, -0.2) is 10.5 Å². The van der Waals surface area contributed by atoms with Crippen LogP contribution in [0.3, 0.4) is 0 Å². The Bertz CT molecular complexity index is 507. The summed E-state index contributed by atoms with van der Waals surface area (Å²) in [6, 6.07) is 19.7. The molecule has 0 atom stereocenters. The van der Waals surface area contributed by atoms with Gasteiger partial charge in [-0.05, 0) is 64.1 Å². The van der Waals surface area contributed by atoms with Crippen LogP contribution in [0.25, 0.3) is 0 Å². The first-order valence-corrected chi connectivity index (χ1v) is 9.29. The molecule has 0 spiro atoms. The Balaban J connectivity index is 2.13. The summed E-state index contributed by atoms with van der Waals surface area (Å²) in [5, 5.41) is 1.42. The van der Waals surface area contributed by atoms with Crippen molar-refractivity contribution >= 4 is 22.7 Å². The van der Waals surface area contributed by atoms with E-state index in [1.165, 1.54) is 14.7 Å². The summed E-state index contributed by atoms with van der Waals surface area (Å²) in [5.74, 6) is 0. The topological polar surface area (TPSA) is 0 Å². The SMILES string of the molecule is CC(C)[S+](c1ccc(Sc2ccccc2)cc1)C(C)C. The van der Waals surface area contributed by atoms with Gasteiger partial charge in [0.15, 0.2) is 4.90 Å². The second-order valence-electron chi connectivity index (χ2n) is 5.36. The van der Waals surface area contributed by atoms with E-state index >= 15 is 0 Å². The highest BCUT2D eigenvalue weighted by atomic mass is 32.2. The molecule has 2 aromatic rings. The number of hydrogen-bond donors (Lipinski definition) is 0. The molecular weight excluding hydrogens is 280 g/mol. The van der Waals surface area contributed by atoms with E-state index in [-0.39, 0.29) is 0 Å². The summed E-state index contributed by atoms with van der Waals surface area (Å²) in [6.45, 7) is 9.32. The molecular formula is C18H23S2+. The summed E-state index contributed by atoms with van der Waals surface area (Å²) < 4.78 is 0. The highest BCUT2D eigenvalue weighted by Gasteiger charge is 2.29. The van der Waals surface area contributed by atoms with Crippen LogP contribution in [0.4, 0.5) is 0 Å². The van der Waals surface area contributed by atoms with Crippen molar-refractivity contribution < 1.29 is 0 Å². The summed E-state index contributed by atoms with van der Waals surface area (Å²) >= 11 is 1.83. The average molecular weight is 304 g/mol. The molecule has 20 heavy (non-hydrogen) atoms. The van der Waals surface area contributed by atoms with Crippen molar-refractivity contribution in [2.24, 2.45) is 0 Å². The van der Waals surface area contributed by atoms with Gasteiger partial charge in [-0.25, -0.2) is 0 Å². The van der Waals surface area contributed by atoms with Crippen LogP contribution in [0.15, 0.2) is 69.3 Å². The second-order valence-corrected chi connectivity index (χ2v) is 9.60. The molecule has 0 aromatic heterocycles. The fourth-order valence-electron chi connectivity index (χ4n) is 2.38. The molecule has 2 aromatic carbocycles. The van der Waals surface area contributed by atoms with Crippen LogP contribution in [0.2, 0.25) is 0 Å². The maximum atomic E-state index is 2.33. The Morgan fingerprint density at radius 2 is 1.20 bits per heavy atom. The van der Waals surface area contributed by atoms with Gasteiger partial charge in [-0.2, -0.15) is 0 Å². The van der Waals surface area contributed by atoms with Crippen LogP contribution in [-0.2, 0) is 10.9 Å². The lowest BCUT2D eigenvalue weighted by Crippen LogP contribution is -2.24. The van der Waals surface area contributed by atoms with E-state index in [2.05, 4.69) is 82.3 Å². The van der Waals surface area contributed by atoms with Gasteiger partial charge in [-0.15, -0.1) is 0 Å². The zero-order valence-corrected chi connectivity index (χ0v) is 14.3. The third-order valence-electron chi connectivity index (χ3n) is 3.09. The molecule has 0 aliphatic carbocycles. The third-order valence-corrected chi connectivity index (χ3v) is 6.95. The maximum absolute atomic E-state index is 2.33. The van der Waals surface area contributed by atoms with Crippen molar-refractivity contribution in [1.82, 2.24) is 0 Å². The van der Waals surface area contributed by atoms with Crippen molar-refractivity contribution in [3.05, 3.63) is 54.6 Å². The van der Waals surface area contributed by atoms with Crippen molar-refractivity contribution in [2.45, 2.75) is 52.9 Å². The fraction of sp³-hybridized carbons (Fsp3) is 0.333. The molecule has 0 fully saturated rings. The maximum Gasteiger partial charge on any atom is 0.155 e. The minimum atomic E-state index is 0.345. The van der Waals surface area contributed by atoms with Crippen LogP contribution in [0.5, 0.6) is 0 Å². The largest absolute Gasteiger partial charge is 0.155 e. The molecule has 0 radical (unpaired) electrons. The predicted molar refractivity (Wildman–Crippen MR) is 92.9 cm³/mol. The Labute approximate surface area is 130 Å². The minimum Gasteiger partial charge on any atom is -0.0901 e. The third kappa shape index (κ3) is 4.07. The van der Waals surface area contributed by atoms with Crippen LogP contribution >= 0.6 is 11.8 Å². The van der Waals surface area contributed by atoms with Crippen LogP contribution in [0.1, 0.15) is 27.7 Å². The normalized spacial score (nSPS) is 11.6. The molecule has 0 unspecified atom stereocenters. The van der Waals surface area contributed by atoms with Crippen molar-refractivity contribution in [1.29, 1.82) is 0 Å². The lowest BCUT2D eigenvalue weighted by Gasteiger charge is -2.15. The molecule has 0 N–H and O–H groups in total. The second kappa shape index (κ2) is 7.24. The highest BCUT2D eigenvalue weighted by molar-refractivity contribution is 7.99. The van der Waals surface area contributed by atoms with Crippen LogP contribution < -0.4 is 0 Å². The zero-order chi connectivity index (χ0) is 14.5. The molecule has 0 heterocycles. The summed E-state index contributed by atoms with van der Waals surface area (Å²) in [6.07, 6.45) is 0. The van der Waals surface area contributed by atoms with E-state index in [0.29, 0.717) is 21.4 Å². The molecule has 0 amide bonds. The molecule has 0 bridgehead atoms. The van der Waals surface area contributed by atoms with E-state index in [1.807, 2.05) is 11.8 Å². The Morgan fingerprint density at radius 3 is 1.70 bits per heavy atom. The van der Waals surface area contributed by atoms with E-state index in [9.17, 15) is 0 Å². The van der Waals surface area contributed by atoms with Gasteiger partial charge in [0.05, 0.1) is 0 Å². The molecule has 2 rings (SSSR count). The Morgan fingerprint density at radius 1 is 0.700 bits per heavy atom. The van der Waals surface area contributed by atoms with E-state index in [0.717, 1.165) is 0 Å². The van der Waals surface area contributed by atoms with Gasteiger partial charge in [-0.3, -0.25) is 0 Å². The summed E-state index contributed by atoms with van der Waals surface area (Å²) in [4.78, 5) is 4.11. The minimum absolute atomic E-state index is 0.345. The Kier molecular flexibility index (Phi) is 5.62. The molecule has 0 saturated heterocycles. The molecule has 0 nitrogen and oxygen atoms in total. The Hall–Kier alpha value is -0.860. The summed E-state index contributed by atoms with van der Waals surface area (Å²) in [5.41, 5.74) is 0. The predicted octanol–water partition coefficient (Wildman–Crippen LogP) is 5.63. The fourth-order valence-corrected chi connectivity index (χ4v) is 5.84. The number of hydrogen-bond acceptors (Lipinski definition) is 1. The van der Waals surface area contributed by atoms with Gasteiger partial charge in [0, 0.05) is 20.7 Å². The first-order chi connectivity index (χ1) is 9.58. The molecule has 106 valence electrons. The van der Waals surface area contributed by atoms with Gasteiger partial charge in [0.25, 0.3) is 0 Å². The van der Waals surface area contributed by atoms with Gasteiger partial charge in [-0.1, -0.05) is 30.0 Å². The van der Waals surface area contributed by atoms with E-state index in [4.69, 9.17) is 0 Å². The highest BCUT2D eigenvalue weighted by Crippen LogP contribution is 2.30. The monoisotopic (exact) mass is 303 g/mol. The first kappa shape index (κ1) is 15.5. The van der Waals surface area contributed by atoms with Crippen molar-refractivity contribution in [2.75, 3.05) is 0 Å². The lowest BCUT2D eigenvalue weighted by molar-refractivity contribution is 1.01. The summed E-state index contributed by atoms with van der Waals surface area (Å²) in [7, 11) is 0.345. The molecule has 0 aliphatic heterocycles. The average Bonchev–Trinajstić information content (AvgIpc) is 2.41. The number of rotatable bonds is 5. The van der Waals surface area contributed by atoms with Crippen molar-refractivity contribution in [3.8, 4) is 0 Å². The van der Waals surface area contributed by atoms with Crippen LogP contribution in [0, 0.1) is 0 Å². The first-order valence-electron chi connectivity index (χ1n) is 7.13. The molecule has 0 aliphatic rings. The lowest BCUT2D eigenvalue weighted by atomic mass is 10.4. The quantitative estimate of drug-likeness (QED) is 0.645. The molecule has 2 heteroatoms. The number of benzene rings is 2. The smallest absolute Gasteiger partial charge is 0.0901 e. The molecule has 0 saturated carbocycles. The van der Waals surface area contributed by atoms with Gasteiger partial charge < -0.3 is 0 Å². The van der Waals surface area contributed by atoms with Crippen molar-refractivity contribution in [3.63, 3.8) is 0 Å². The van der Waals surface area contributed by atoms with E-state index in [1.54, 1.807) is 0 Å². The van der Waals surface area contributed by atoms with Gasteiger partial charge >= 0.3 is 0 Å². The van der Waals surface area contributed by atoms with Gasteiger partial charge in [0.1, 0.15) is 10.5 Å². The van der Waals surface area contributed by atoms with Gasteiger partial charge in [0.2, 0.25) is 0 Å². The standard InChI is InChI=1S/C18H23S2/c1-14(2)20(15(3)4)18-12-10-17(11-13-18)19-16-8-6-5-7-9-16/h5-15H,1-4H3/q+1.